The second-order valence-corrected chi connectivity index (χ2v) is 3.89. The van der Waals surface area contributed by atoms with E-state index in [1.807, 2.05) is 24.3 Å². The van der Waals surface area contributed by atoms with Gasteiger partial charge < -0.3 is 10.3 Å². The maximum atomic E-state index is 13.0. The number of hydrogen-bond donors (Lipinski definition) is 2. The Balaban J connectivity index is 1.96. The predicted molar refractivity (Wildman–Crippen MR) is 65.7 cm³/mol. The second-order valence-electron chi connectivity index (χ2n) is 3.89. The fourth-order valence-corrected chi connectivity index (χ4v) is 1.77. The lowest BCUT2D eigenvalue weighted by atomic mass is 10.3. The van der Waals surface area contributed by atoms with Gasteiger partial charge in [0.1, 0.15) is 11.6 Å². The Bertz CT molecular complexity index is 653. The van der Waals surface area contributed by atoms with Crippen LogP contribution in [0.2, 0.25) is 0 Å². The van der Waals surface area contributed by atoms with Gasteiger partial charge in [-0.05, 0) is 24.3 Å². The van der Waals surface area contributed by atoms with Gasteiger partial charge in [-0.3, -0.25) is 0 Å². The Labute approximate surface area is 101 Å². The van der Waals surface area contributed by atoms with Crippen molar-refractivity contribution < 1.29 is 8.78 Å². The number of H-pyrrole nitrogens is 1. The van der Waals surface area contributed by atoms with Crippen LogP contribution in [0.1, 0.15) is 0 Å². The van der Waals surface area contributed by atoms with Crippen molar-refractivity contribution in [3.05, 3.63) is 54.1 Å². The molecule has 0 spiro atoms. The van der Waals surface area contributed by atoms with E-state index in [9.17, 15) is 8.78 Å². The van der Waals surface area contributed by atoms with Crippen molar-refractivity contribution in [2.45, 2.75) is 0 Å². The maximum absolute atomic E-state index is 13.0. The molecule has 2 aromatic carbocycles. The monoisotopic (exact) mass is 245 g/mol. The Morgan fingerprint density at radius 3 is 2.44 bits per heavy atom. The van der Waals surface area contributed by atoms with Crippen molar-refractivity contribution in [3.8, 4) is 0 Å². The molecule has 1 aromatic heterocycles. The van der Waals surface area contributed by atoms with Crippen LogP contribution in [-0.2, 0) is 0 Å². The zero-order chi connectivity index (χ0) is 12.5. The molecule has 0 bridgehead atoms. The Kier molecular flexibility index (Phi) is 2.44. The average molecular weight is 245 g/mol. The molecule has 0 aliphatic carbocycles. The van der Waals surface area contributed by atoms with Crippen molar-refractivity contribution in [2.75, 3.05) is 5.32 Å². The molecule has 0 saturated heterocycles. The van der Waals surface area contributed by atoms with E-state index < -0.39 is 11.6 Å². The van der Waals surface area contributed by atoms with E-state index in [1.165, 1.54) is 12.1 Å². The number of fused-ring (bicyclic) bond motifs is 1. The number of rotatable bonds is 2. The molecular formula is C13H9F2N3. The van der Waals surface area contributed by atoms with Crippen molar-refractivity contribution in [3.63, 3.8) is 0 Å². The summed E-state index contributed by atoms with van der Waals surface area (Å²) in [6.07, 6.45) is 0. The molecule has 3 aromatic rings. The van der Waals surface area contributed by atoms with Crippen LogP contribution in [-0.4, -0.2) is 9.97 Å². The van der Waals surface area contributed by atoms with Crippen molar-refractivity contribution in [2.24, 2.45) is 0 Å². The van der Waals surface area contributed by atoms with E-state index in [-0.39, 0.29) is 0 Å². The third-order valence-electron chi connectivity index (χ3n) is 2.51. The molecule has 90 valence electrons. The minimum atomic E-state index is -0.631. The molecule has 5 heteroatoms. The fraction of sp³-hybridized carbons (Fsp3) is 0. The Hall–Kier alpha value is -2.43. The van der Waals surface area contributed by atoms with Crippen LogP contribution in [0, 0.1) is 11.6 Å². The van der Waals surface area contributed by atoms with Gasteiger partial charge in [0.15, 0.2) is 0 Å². The molecule has 0 radical (unpaired) electrons. The summed E-state index contributed by atoms with van der Waals surface area (Å²) in [6, 6.07) is 10.7. The van der Waals surface area contributed by atoms with Gasteiger partial charge in [-0.2, -0.15) is 0 Å². The fourth-order valence-electron chi connectivity index (χ4n) is 1.77. The number of para-hydroxylation sites is 2. The van der Waals surface area contributed by atoms with Crippen molar-refractivity contribution in [1.82, 2.24) is 9.97 Å². The molecule has 0 amide bonds. The quantitative estimate of drug-likeness (QED) is 0.724. The van der Waals surface area contributed by atoms with Crippen LogP contribution in [0.4, 0.5) is 20.4 Å². The highest BCUT2D eigenvalue weighted by molar-refractivity contribution is 5.78. The summed E-state index contributed by atoms with van der Waals surface area (Å²) >= 11 is 0. The number of aromatic amines is 1. The predicted octanol–water partition coefficient (Wildman–Crippen LogP) is 3.58. The van der Waals surface area contributed by atoms with Gasteiger partial charge in [-0.25, -0.2) is 13.8 Å². The first-order valence-corrected chi connectivity index (χ1v) is 5.38. The smallest absolute Gasteiger partial charge is 0.205 e. The third kappa shape index (κ3) is 2.02. The number of anilines is 2. The Morgan fingerprint density at radius 1 is 1.00 bits per heavy atom. The number of nitrogens with zero attached hydrogens (tertiary/aromatic N) is 1. The third-order valence-corrected chi connectivity index (χ3v) is 2.51. The van der Waals surface area contributed by atoms with E-state index in [4.69, 9.17) is 0 Å². The lowest BCUT2D eigenvalue weighted by Crippen LogP contribution is -1.94. The zero-order valence-corrected chi connectivity index (χ0v) is 9.24. The van der Waals surface area contributed by atoms with E-state index >= 15 is 0 Å². The Morgan fingerprint density at radius 2 is 1.72 bits per heavy atom. The largest absolute Gasteiger partial charge is 0.326 e. The molecule has 0 aliphatic rings. The molecular weight excluding hydrogens is 236 g/mol. The first-order valence-electron chi connectivity index (χ1n) is 5.38. The summed E-state index contributed by atoms with van der Waals surface area (Å²) < 4.78 is 26.0. The molecule has 1 heterocycles. The van der Waals surface area contributed by atoms with Gasteiger partial charge >= 0.3 is 0 Å². The average Bonchev–Trinajstić information content (AvgIpc) is 2.69. The molecule has 2 N–H and O–H groups in total. The van der Waals surface area contributed by atoms with E-state index in [1.54, 1.807) is 0 Å². The van der Waals surface area contributed by atoms with E-state index in [2.05, 4.69) is 15.3 Å². The van der Waals surface area contributed by atoms with Crippen LogP contribution < -0.4 is 5.32 Å². The highest BCUT2D eigenvalue weighted by atomic mass is 19.1. The van der Waals surface area contributed by atoms with Gasteiger partial charge in [0, 0.05) is 11.8 Å². The van der Waals surface area contributed by atoms with Gasteiger partial charge in [0.25, 0.3) is 0 Å². The first-order chi connectivity index (χ1) is 8.70. The van der Waals surface area contributed by atoms with Crippen LogP contribution in [0.15, 0.2) is 42.5 Å². The van der Waals surface area contributed by atoms with E-state index in [0.717, 1.165) is 17.1 Å². The summed E-state index contributed by atoms with van der Waals surface area (Å²) in [7, 11) is 0. The summed E-state index contributed by atoms with van der Waals surface area (Å²) in [5.74, 6) is -0.816. The number of benzene rings is 2. The standard InChI is InChI=1S/C13H9F2N3/c14-8-5-9(15)7-10(6-8)16-13-17-11-3-1-2-4-12(11)18-13/h1-7H,(H2,16,17,18). The van der Waals surface area contributed by atoms with Crippen LogP contribution >= 0.6 is 0 Å². The number of nitrogens with one attached hydrogen (secondary N) is 2. The number of hydrogen-bond acceptors (Lipinski definition) is 2. The molecule has 0 aliphatic heterocycles. The molecule has 0 unspecified atom stereocenters. The van der Waals surface area contributed by atoms with Crippen LogP contribution in [0.5, 0.6) is 0 Å². The SMILES string of the molecule is Fc1cc(F)cc(Nc2nc3ccccc3[nH]2)c1. The molecule has 0 saturated carbocycles. The molecule has 18 heavy (non-hydrogen) atoms. The van der Waals surface area contributed by atoms with Crippen LogP contribution in [0.25, 0.3) is 11.0 Å². The van der Waals surface area contributed by atoms with E-state index in [0.29, 0.717) is 11.6 Å². The maximum Gasteiger partial charge on any atom is 0.205 e. The van der Waals surface area contributed by atoms with Gasteiger partial charge in [0.05, 0.1) is 11.0 Å². The molecule has 3 rings (SSSR count). The number of aromatic nitrogens is 2. The van der Waals surface area contributed by atoms with Gasteiger partial charge in [-0.15, -0.1) is 0 Å². The number of imidazole rings is 1. The number of halogens is 2. The lowest BCUT2D eigenvalue weighted by molar-refractivity contribution is 0.584. The van der Waals surface area contributed by atoms with Crippen LogP contribution in [0.3, 0.4) is 0 Å². The lowest BCUT2D eigenvalue weighted by Gasteiger charge is -2.02. The van der Waals surface area contributed by atoms with Gasteiger partial charge in [0.2, 0.25) is 5.95 Å². The molecule has 0 fully saturated rings. The van der Waals surface area contributed by atoms with Gasteiger partial charge in [-0.1, -0.05) is 12.1 Å². The van der Waals surface area contributed by atoms with Crippen molar-refractivity contribution in [1.29, 1.82) is 0 Å². The minimum absolute atomic E-state index is 0.312. The highest BCUT2D eigenvalue weighted by Crippen LogP contribution is 2.19. The summed E-state index contributed by atoms with van der Waals surface area (Å²) in [5, 5.41) is 2.83. The second kappa shape index (κ2) is 4.10. The highest BCUT2D eigenvalue weighted by Gasteiger charge is 2.04. The summed E-state index contributed by atoms with van der Waals surface area (Å²) in [6.45, 7) is 0. The summed E-state index contributed by atoms with van der Waals surface area (Å²) in [4.78, 5) is 7.27. The van der Waals surface area contributed by atoms with Crippen molar-refractivity contribution >= 4 is 22.7 Å². The molecule has 0 atom stereocenters. The minimum Gasteiger partial charge on any atom is -0.326 e. The zero-order valence-electron chi connectivity index (χ0n) is 9.24. The first kappa shape index (κ1) is 10.7. The normalized spacial score (nSPS) is 10.8. The molecule has 3 nitrogen and oxygen atoms in total. The topological polar surface area (TPSA) is 40.7 Å². The summed E-state index contributed by atoms with van der Waals surface area (Å²) in [5.41, 5.74) is 1.96.